The third kappa shape index (κ3) is 5.16. The lowest BCUT2D eigenvalue weighted by atomic mass is 10.1. The summed E-state index contributed by atoms with van der Waals surface area (Å²) in [6.07, 6.45) is 2.92. The van der Waals surface area contributed by atoms with Gasteiger partial charge in [0, 0.05) is 12.8 Å². The second-order valence-corrected chi connectivity index (χ2v) is 9.92. The minimum absolute atomic E-state index is 0. The van der Waals surface area contributed by atoms with Crippen LogP contribution in [-0.4, -0.2) is 42.7 Å². The van der Waals surface area contributed by atoms with Crippen LogP contribution in [0.15, 0.2) is 21.9 Å². The Bertz CT molecular complexity index is 786. The molecule has 0 aromatic heterocycles. The quantitative estimate of drug-likeness (QED) is 0.758. The fourth-order valence-corrected chi connectivity index (χ4v) is 5.42. The Morgan fingerprint density at radius 2 is 1.79 bits per heavy atom. The second-order valence-electron chi connectivity index (χ2n) is 6.20. The van der Waals surface area contributed by atoms with Gasteiger partial charge < -0.3 is 5.32 Å². The summed E-state index contributed by atoms with van der Waals surface area (Å²) in [4.78, 5) is 0.111. The highest BCUT2D eigenvalue weighted by Gasteiger charge is 2.23. The van der Waals surface area contributed by atoms with E-state index in [-0.39, 0.29) is 27.8 Å². The summed E-state index contributed by atoms with van der Waals surface area (Å²) in [7, 11) is -7.20. The molecular weight excluding hydrogens is 372 g/mol. The van der Waals surface area contributed by atoms with Crippen LogP contribution in [0, 0.1) is 19.8 Å². The maximum atomic E-state index is 12.5. The average molecular weight is 397 g/mol. The molecule has 0 bridgehead atoms. The van der Waals surface area contributed by atoms with Gasteiger partial charge in [-0.25, -0.2) is 21.6 Å². The van der Waals surface area contributed by atoms with E-state index in [1.54, 1.807) is 6.92 Å². The Kier molecular flexibility index (Phi) is 7.25. The van der Waals surface area contributed by atoms with Crippen molar-refractivity contribution in [2.45, 2.75) is 36.5 Å². The third-order valence-corrected chi connectivity index (χ3v) is 6.96. The number of hydrogen-bond acceptors (Lipinski definition) is 5. The van der Waals surface area contributed by atoms with Crippen LogP contribution in [0.5, 0.6) is 0 Å². The molecule has 1 aliphatic rings. The Morgan fingerprint density at radius 1 is 1.17 bits per heavy atom. The highest BCUT2D eigenvalue weighted by Crippen LogP contribution is 2.25. The normalized spacial score (nSPS) is 18.4. The van der Waals surface area contributed by atoms with Crippen molar-refractivity contribution < 1.29 is 16.8 Å². The van der Waals surface area contributed by atoms with E-state index in [2.05, 4.69) is 10.0 Å². The number of benzene rings is 1. The molecule has 9 heteroatoms. The fraction of sp³-hybridized carbons (Fsp3) is 0.600. The number of hydrogen-bond donors (Lipinski definition) is 2. The van der Waals surface area contributed by atoms with Gasteiger partial charge >= 0.3 is 0 Å². The first-order valence-corrected chi connectivity index (χ1v) is 11.0. The SMILES string of the molecule is Cc1cc(S(C)(=O)=O)c(C)c(S(=O)(=O)NCCC2CCNC2)c1.Cl. The molecule has 1 fully saturated rings. The zero-order valence-corrected chi connectivity index (χ0v) is 16.6. The van der Waals surface area contributed by atoms with Gasteiger partial charge in [-0.05, 0) is 69.0 Å². The van der Waals surface area contributed by atoms with Crippen molar-refractivity contribution in [3.63, 3.8) is 0 Å². The van der Waals surface area contributed by atoms with Crippen LogP contribution in [0.4, 0.5) is 0 Å². The summed E-state index contributed by atoms with van der Waals surface area (Å²) < 4.78 is 51.4. The molecule has 1 unspecified atom stereocenters. The summed E-state index contributed by atoms with van der Waals surface area (Å²) in [5.74, 6) is 0.489. The van der Waals surface area contributed by atoms with Gasteiger partial charge in [0.2, 0.25) is 10.0 Å². The van der Waals surface area contributed by atoms with E-state index < -0.39 is 19.9 Å². The number of nitrogens with one attached hydrogen (secondary N) is 2. The van der Waals surface area contributed by atoms with E-state index in [0.717, 1.165) is 32.2 Å². The van der Waals surface area contributed by atoms with Crippen molar-refractivity contribution in [3.05, 3.63) is 23.3 Å². The number of halogens is 1. The number of aryl methyl sites for hydroxylation is 1. The van der Waals surface area contributed by atoms with Crippen molar-refractivity contribution >= 4 is 32.3 Å². The lowest BCUT2D eigenvalue weighted by Gasteiger charge is -2.14. The molecule has 0 saturated carbocycles. The van der Waals surface area contributed by atoms with Gasteiger partial charge in [0.1, 0.15) is 0 Å². The van der Waals surface area contributed by atoms with Crippen molar-refractivity contribution in [3.8, 4) is 0 Å². The topological polar surface area (TPSA) is 92.3 Å². The summed E-state index contributed by atoms with van der Waals surface area (Å²) >= 11 is 0. The van der Waals surface area contributed by atoms with Crippen LogP contribution in [0.1, 0.15) is 24.0 Å². The summed E-state index contributed by atoms with van der Waals surface area (Å²) in [6, 6.07) is 3.03. The summed E-state index contributed by atoms with van der Waals surface area (Å²) in [6.45, 7) is 5.48. The molecule has 1 heterocycles. The molecule has 0 spiro atoms. The first kappa shape index (κ1) is 21.4. The smallest absolute Gasteiger partial charge is 0.240 e. The standard InChI is InChI=1S/C15H24N2O4S2.ClH/c1-11-8-14(22(3,18)19)12(2)15(9-11)23(20,21)17-7-5-13-4-6-16-10-13;/h8-9,13,16-17H,4-7,10H2,1-3H3;1H. The Labute approximate surface area is 150 Å². The van der Waals surface area contributed by atoms with Crippen LogP contribution < -0.4 is 10.0 Å². The minimum Gasteiger partial charge on any atom is -0.316 e. The van der Waals surface area contributed by atoms with Gasteiger partial charge in [0.25, 0.3) is 0 Å². The average Bonchev–Trinajstić information content (AvgIpc) is 2.92. The lowest BCUT2D eigenvalue weighted by Crippen LogP contribution is -2.27. The fourth-order valence-electron chi connectivity index (χ4n) is 2.89. The first-order chi connectivity index (χ1) is 10.6. The Hall–Kier alpha value is -0.670. The van der Waals surface area contributed by atoms with Gasteiger partial charge in [0.05, 0.1) is 9.79 Å². The summed E-state index contributed by atoms with van der Waals surface area (Å²) in [5, 5.41) is 3.25. The zero-order chi connectivity index (χ0) is 17.3. The maximum absolute atomic E-state index is 12.5. The lowest BCUT2D eigenvalue weighted by molar-refractivity contribution is 0.519. The molecule has 1 atom stereocenters. The van der Waals surface area contributed by atoms with E-state index in [1.807, 2.05) is 0 Å². The molecule has 2 N–H and O–H groups in total. The van der Waals surface area contributed by atoms with Gasteiger partial charge in [-0.2, -0.15) is 0 Å². The molecule has 1 aromatic rings. The molecule has 6 nitrogen and oxygen atoms in total. The van der Waals surface area contributed by atoms with Gasteiger partial charge in [-0.1, -0.05) is 0 Å². The van der Waals surface area contributed by atoms with Crippen LogP contribution in [0.25, 0.3) is 0 Å². The molecule has 1 aromatic carbocycles. The monoisotopic (exact) mass is 396 g/mol. The van der Waals surface area contributed by atoms with Crippen molar-refractivity contribution in [2.24, 2.45) is 5.92 Å². The zero-order valence-electron chi connectivity index (χ0n) is 14.1. The molecule has 1 aliphatic heterocycles. The molecular formula is C15H25ClN2O4S2. The molecule has 0 amide bonds. The molecule has 24 heavy (non-hydrogen) atoms. The highest BCUT2D eigenvalue weighted by atomic mass is 35.5. The minimum atomic E-state index is -3.72. The predicted octanol–water partition coefficient (Wildman–Crippen LogP) is 1.41. The van der Waals surface area contributed by atoms with E-state index >= 15 is 0 Å². The van der Waals surface area contributed by atoms with E-state index in [4.69, 9.17) is 0 Å². The largest absolute Gasteiger partial charge is 0.316 e. The third-order valence-electron chi connectivity index (χ3n) is 4.15. The van der Waals surface area contributed by atoms with Crippen molar-refractivity contribution in [1.82, 2.24) is 10.0 Å². The molecule has 2 rings (SSSR count). The van der Waals surface area contributed by atoms with Gasteiger partial charge in [-0.3, -0.25) is 0 Å². The predicted molar refractivity (Wildman–Crippen MR) is 97.1 cm³/mol. The second kappa shape index (κ2) is 8.14. The van der Waals surface area contributed by atoms with Crippen LogP contribution in [0.3, 0.4) is 0 Å². The Morgan fingerprint density at radius 3 is 2.33 bits per heavy atom. The Balaban J connectivity index is 0.00000288. The first-order valence-electron chi connectivity index (χ1n) is 7.63. The van der Waals surface area contributed by atoms with Crippen LogP contribution >= 0.6 is 12.4 Å². The van der Waals surface area contributed by atoms with Gasteiger partial charge in [0.15, 0.2) is 9.84 Å². The van der Waals surface area contributed by atoms with Crippen LogP contribution in [0.2, 0.25) is 0 Å². The van der Waals surface area contributed by atoms with E-state index in [0.29, 0.717) is 18.0 Å². The molecule has 0 radical (unpaired) electrons. The van der Waals surface area contributed by atoms with Crippen molar-refractivity contribution in [2.75, 3.05) is 25.9 Å². The van der Waals surface area contributed by atoms with E-state index in [1.165, 1.54) is 19.1 Å². The van der Waals surface area contributed by atoms with E-state index in [9.17, 15) is 16.8 Å². The van der Waals surface area contributed by atoms with Crippen molar-refractivity contribution in [1.29, 1.82) is 0 Å². The van der Waals surface area contributed by atoms with Crippen LogP contribution in [-0.2, 0) is 19.9 Å². The molecule has 138 valence electrons. The molecule has 1 saturated heterocycles. The van der Waals surface area contributed by atoms with Gasteiger partial charge in [-0.15, -0.1) is 12.4 Å². The maximum Gasteiger partial charge on any atom is 0.240 e. The number of rotatable bonds is 6. The number of sulfone groups is 1. The summed E-state index contributed by atoms with van der Waals surface area (Å²) in [5.41, 5.74) is 0.879. The highest BCUT2D eigenvalue weighted by molar-refractivity contribution is 7.91. The molecule has 0 aliphatic carbocycles. The number of sulfonamides is 1.